The van der Waals surface area contributed by atoms with Gasteiger partial charge >= 0.3 is 0 Å². The lowest BCUT2D eigenvalue weighted by Gasteiger charge is -2.13. The molecule has 144 valence electrons. The number of carboxylic acid groups (broad SMARTS) is 1. The van der Waals surface area contributed by atoms with Crippen molar-refractivity contribution in [3.63, 3.8) is 0 Å². The number of hydrogen-bond acceptors (Lipinski definition) is 7. The van der Waals surface area contributed by atoms with Gasteiger partial charge < -0.3 is 19.4 Å². The van der Waals surface area contributed by atoms with Gasteiger partial charge in [-0.2, -0.15) is 0 Å². The number of methoxy groups -OCH3 is 1. The number of anilines is 1. The number of nitrogens with zero attached hydrogens (tertiary/aromatic N) is 1. The molecule has 0 aromatic heterocycles. The standard InChI is InChI=1S/C19H14BrNO6S/c1-26-14-7-11(13(20)9-15(14)27-10-17(22)23)8-16-18(24)21(19(25)28-16)12-5-3-2-4-6-12/h2-9H,10H2,1H3,(H,22,23)/p-1/b16-8-. The molecule has 0 N–H and O–H groups in total. The molecule has 1 fully saturated rings. The Kier molecular flexibility index (Phi) is 6.05. The van der Waals surface area contributed by atoms with Crippen molar-refractivity contribution in [2.75, 3.05) is 18.6 Å². The van der Waals surface area contributed by atoms with E-state index < -0.39 is 18.5 Å². The van der Waals surface area contributed by atoms with Crippen LogP contribution in [0.5, 0.6) is 11.5 Å². The van der Waals surface area contributed by atoms with Gasteiger partial charge in [0.1, 0.15) is 6.61 Å². The largest absolute Gasteiger partial charge is 0.546 e. The van der Waals surface area contributed by atoms with Crippen molar-refractivity contribution in [1.29, 1.82) is 0 Å². The van der Waals surface area contributed by atoms with Gasteiger partial charge in [-0.05, 0) is 47.7 Å². The molecular weight excluding hydrogens is 450 g/mol. The normalized spacial score (nSPS) is 15.2. The summed E-state index contributed by atoms with van der Waals surface area (Å²) in [6.45, 7) is -0.627. The van der Waals surface area contributed by atoms with Crippen LogP contribution in [0.2, 0.25) is 0 Å². The van der Waals surface area contributed by atoms with Crippen molar-refractivity contribution < 1.29 is 29.0 Å². The van der Waals surface area contributed by atoms with Crippen LogP contribution in [0.25, 0.3) is 6.08 Å². The molecule has 7 nitrogen and oxygen atoms in total. The summed E-state index contributed by atoms with van der Waals surface area (Å²) in [5.74, 6) is -1.31. The minimum atomic E-state index is -1.36. The predicted octanol–water partition coefficient (Wildman–Crippen LogP) is 2.83. The third-order valence-corrected chi connectivity index (χ3v) is 5.28. The highest BCUT2D eigenvalue weighted by molar-refractivity contribution is 9.10. The van der Waals surface area contributed by atoms with Gasteiger partial charge in [0.15, 0.2) is 11.5 Å². The Morgan fingerprint density at radius 1 is 1.21 bits per heavy atom. The number of thioether (sulfide) groups is 1. The molecule has 0 unspecified atom stereocenters. The second-order valence-corrected chi connectivity index (χ2v) is 7.39. The summed E-state index contributed by atoms with van der Waals surface area (Å²) in [5, 5.41) is 10.2. The van der Waals surface area contributed by atoms with Crippen LogP contribution in [-0.4, -0.2) is 30.8 Å². The van der Waals surface area contributed by atoms with Crippen LogP contribution in [0.15, 0.2) is 51.8 Å². The highest BCUT2D eigenvalue weighted by Gasteiger charge is 2.36. The lowest BCUT2D eigenvalue weighted by molar-refractivity contribution is -0.307. The average Bonchev–Trinajstić information content (AvgIpc) is 2.95. The van der Waals surface area contributed by atoms with Crippen LogP contribution in [-0.2, 0) is 9.59 Å². The predicted molar refractivity (Wildman–Crippen MR) is 106 cm³/mol. The number of amides is 2. The summed E-state index contributed by atoms with van der Waals surface area (Å²) in [6.07, 6.45) is 1.56. The smallest absolute Gasteiger partial charge is 0.298 e. The van der Waals surface area contributed by atoms with Gasteiger partial charge in [-0.25, -0.2) is 4.90 Å². The van der Waals surface area contributed by atoms with Gasteiger partial charge in [0.2, 0.25) is 0 Å². The molecule has 0 spiro atoms. The van der Waals surface area contributed by atoms with Gasteiger partial charge in [-0.3, -0.25) is 9.59 Å². The molecule has 0 aliphatic carbocycles. The first kappa shape index (κ1) is 20.0. The van der Waals surface area contributed by atoms with Crippen molar-refractivity contribution in [1.82, 2.24) is 0 Å². The number of halogens is 1. The first-order valence-corrected chi connectivity index (χ1v) is 9.55. The lowest BCUT2D eigenvalue weighted by Crippen LogP contribution is -2.29. The van der Waals surface area contributed by atoms with Crippen molar-refractivity contribution in [3.8, 4) is 11.5 Å². The molecule has 0 bridgehead atoms. The SMILES string of the molecule is COc1cc(/C=C2\SC(=O)N(c3ccccc3)C2=O)c(Br)cc1OCC(=O)[O-]. The summed E-state index contributed by atoms with van der Waals surface area (Å²) in [7, 11) is 1.40. The maximum Gasteiger partial charge on any atom is 0.298 e. The van der Waals surface area contributed by atoms with E-state index in [2.05, 4.69) is 15.9 Å². The number of imide groups is 1. The van der Waals surface area contributed by atoms with Gasteiger partial charge in [-0.1, -0.05) is 34.1 Å². The quantitative estimate of drug-likeness (QED) is 0.608. The maximum atomic E-state index is 12.7. The number of para-hydroxylation sites is 1. The number of carbonyl (C=O) groups is 3. The van der Waals surface area contributed by atoms with Gasteiger partial charge in [0.05, 0.1) is 23.7 Å². The van der Waals surface area contributed by atoms with Gasteiger partial charge in [0.25, 0.3) is 11.1 Å². The van der Waals surface area contributed by atoms with Crippen LogP contribution in [0.4, 0.5) is 10.5 Å². The second-order valence-electron chi connectivity index (χ2n) is 5.54. The zero-order valence-electron chi connectivity index (χ0n) is 14.5. The summed E-state index contributed by atoms with van der Waals surface area (Å²) in [6, 6.07) is 11.7. The van der Waals surface area contributed by atoms with Crippen LogP contribution in [0.3, 0.4) is 0 Å². The fourth-order valence-electron chi connectivity index (χ4n) is 2.48. The van der Waals surface area contributed by atoms with Crippen molar-refractivity contribution in [2.24, 2.45) is 0 Å². The first-order valence-electron chi connectivity index (χ1n) is 7.94. The Morgan fingerprint density at radius 2 is 1.93 bits per heavy atom. The lowest BCUT2D eigenvalue weighted by atomic mass is 10.1. The van der Waals surface area contributed by atoms with E-state index in [1.54, 1.807) is 42.5 Å². The van der Waals surface area contributed by atoms with Crippen LogP contribution in [0.1, 0.15) is 5.56 Å². The highest BCUT2D eigenvalue weighted by atomic mass is 79.9. The molecular formula is C19H13BrNO6S-. The maximum absolute atomic E-state index is 12.7. The summed E-state index contributed by atoms with van der Waals surface area (Å²) in [5.41, 5.74) is 1.06. The Morgan fingerprint density at radius 3 is 2.57 bits per heavy atom. The molecule has 28 heavy (non-hydrogen) atoms. The molecule has 1 saturated heterocycles. The van der Waals surface area contributed by atoms with E-state index in [4.69, 9.17) is 9.47 Å². The van der Waals surface area contributed by atoms with Gasteiger partial charge in [-0.15, -0.1) is 0 Å². The van der Waals surface area contributed by atoms with Gasteiger partial charge in [0, 0.05) is 4.47 Å². The van der Waals surface area contributed by atoms with Crippen molar-refractivity contribution in [2.45, 2.75) is 0 Å². The molecule has 1 aliphatic heterocycles. The Bertz CT molecular complexity index is 976. The van der Waals surface area contributed by atoms with E-state index in [0.717, 1.165) is 16.7 Å². The molecule has 1 heterocycles. The second kappa shape index (κ2) is 8.49. The van der Waals surface area contributed by atoms with E-state index in [1.807, 2.05) is 0 Å². The zero-order chi connectivity index (χ0) is 20.3. The summed E-state index contributed by atoms with van der Waals surface area (Å²) < 4.78 is 10.9. The number of benzene rings is 2. The fourth-order valence-corrected chi connectivity index (χ4v) is 3.75. The minimum absolute atomic E-state index is 0.202. The topological polar surface area (TPSA) is 96.0 Å². The number of carbonyl (C=O) groups excluding carboxylic acids is 3. The molecule has 2 aromatic rings. The highest BCUT2D eigenvalue weighted by Crippen LogP contribution is 2.39. The molecule has 2 amide bonds. The molecule has 1 aliphatic rings. The Hall–Kier alpha value is -2.78. The van der Waals surface area contributed by atoms with Crippen LogP contribution < -0.4 is 19.5 Å². The first-order chi connectivity index (χ1) is 13.4. The van der Waals surface area contributed by atoms with E-state index >= 15 is 0 Å². The summed E-state index contributed by atoms with van der Waals surface area (Å²) >= 11 is 4.19. The number of aliphatic carboxylic acids is 1. The molecule has 0 radical (unpaired) electrons. The number of ether oxygens (including phenoxy) is 2. The minimum Gasteiger partial charge on any atom is -0.546 e. The van der Waals surface area contributed by atoms with E-state index in [9.17, 15) is 19.5 Å². The van der Waals surface area contributed by atoms with Crippen LogP contribution in [0, 0.1) is 0 Å². The average molecular weight is 463 g/mol. The number of hydrogen-bond donors (Lipinski definition) is 0. The monoisotopic (exact) mass is 462 g/mol. The molecule has 2 aromatic carbocycles. The third kappa shape index (κ3) is 4.20. The number of rotatable bonds is 6. The van der Waals surface area contributed by atoms with E-state index in [0.29, 0.717) is 15.7 Å². The van der Waals surface area contributed by atoms with E-state index in [1.165, 1.54) is 13.2 Å². The van der Waals surface area contributed by atoms with Crippen LogP contribution >= 0.6 is 27.7 Å². The van der Waals surface area contributed by atoms with Crippen molar-refractivity contribution in [3.05, 3.63) is 57.4 Å². The van der Waals surface area contributed by atoms with Crippen molar-refractivity contribution >= 4 is 56.6 Å². The fraction of sp³-hybridized carbons (Fsp3) is 0.105. The van der Waals surface area contributed by atoms with E-state index in [-0.39, 0.29) is 21.6 Å². The summed E-state index contributed by atoms with van der Waals surface area (Å²) in [4.78, 5) is 37.0. The third-order valence-electron chi connectivity index (χ3n) is 3.72. The molecule has 0 saturated carbocycles. The molecule has 9 heteroatoms. The molecule has 3 rings (SSSR count). The number of carboxylic acids is 1. The molecule has 0 atom stereocenters. The Balaban J connectivity index is 1.92. The Labute approximate surface area is 173 Å². The zero-order valence-corrected chi connectivity index (χ0v) is 16.9.